The van der Waals surface area contributed by atoms with Gasteiger partial charge in [-0.2, -0.15) is 0 Å². The number of hydrogen-bond donors (Lipinski definition) is 2. The Morgan fingerprint density at radius 1 is 1.05 bits per heavy atom. The van der Waals surface area contributed by atoms with Gasteiger partial charge in [0.1, 0.15) is 21.7 Å². The Morgan fingerprint density at radius 3 is 2.55 bits per heavy atom. The summed E-state index contributed by atoms with van der Waals surface area (Å²) in [5, 5.41) is 13.6. The molecule has 0 aliphatic heterocycles. The molecule has 2 N–H and O–H groups in total. The number of thiazole rings is 1. The summed E-state index contributed by atoms with van der Waals surface area (Å²) in [6.45, 7) is 5.03. The fourth-order valence-electron chi connectivity index (χ4n) is 4.45. The lowest BCUT2D eigenvalue weighted by Crippen LogP contribution is -2.19. The van der Waals surface area contributed by atoms with Gasteiger partial charge >= 0.3 is 5.97 Å². The molecule has 0 unspecified atom stereocenters. The fraction of sp³-hybridized carbons (Fsp3) is 0.167. The summed E-state index contributed by atoms with van der Waals surface area (Å²) in [6.07, 6.45) is 1.43. The van der Waals surface area contributed by atoms with Gasteiger partial charge in [0.15, 0.2) is 5.13 Å². The molecule has 0 saturated carbocycles. The minimum absolute atomic E-state index is 0.149. The van der Waals surface area contributed by atoms with Crippen molar-refractivity contribution in [2.45, 2.75) is 26.9 Å². The summed E-state index contributed by atoms with van der Waals surface area (Å²) in [6, 6.07) is 22.1. The fourth-order valence-corrected chi connectivity index (χ4v) is 5.39. The number of carbonyl (C=O) groups is 1. The largest absolute Gasteiger partial charge is 0.497 e. The summed E-state index contributed by atoms with van der Waals surface area (Å²) >= 11 is 1.34. The molecule has 0 amide bonds. The number of methoxy groups -OCH3 is 1. The van der Waals surface area contributed by atoms with Crippen molar-refractivity contribution < 1.29 is 14.6 Å². The first-order valence-electron chi connectivity index (χ1n) is 12.1. The number of aryl methyl sites for hydroxylation is 2. The quantitative estimate of drug-likeness (QED) is 0.254. The number of carboxylic acids is 1. The lowest BCUT2D eigenvalue weighted by Gasteiger charge is -2.15. The van der Waals surface area contributed by atoms with Crippen LogP contribution in [0.5, 0.6) is 5.75 Å². The van der Waals surface area contributed by atoms with E-state index in [1.54, 1.807) is 7.11 Å². The second-order valence-corrected chi connectivity index (χ2v) is 10.1. The zero-order valence-electron chi connectivity index (χ0n) is 21.3. The van der Waals surface area contributed by atoms with E-state index in [0.717, 1.165) is 39.1 Å². The number of carboxylic acid groups (broad SMARTS) is 1. The van der Waals surface area contributed by atoms with Gasteiger partial charge in [0, 0.05) is 19.3 Å². The molecule has 2 aromatic heterocycles. The van der Waals surface area contributed by atoms with E-state index >= 15 is 0 Å². The number of rotatable bonds is 8. The first kappa shape index (κ1) is 25.2. The van der Waals surface area contributed by atoms with Gasteiger partial charge < -0.3 is 19.7 Å². The van der Waals surface area contributed by atoms with Crippen LogP contribution in [0.4, 0.5) is 5.13 Å². The molecule has 0 fully saturated rings. The molecular formula is C30H27N3O4S. The number of nitrogens with one attached hydrogen (secondary N) is 1. The molecule has 38 heavy (non-hydrogen) atoms. The highest BCUT2D eigenvalue weighted by molar-refractivity contribution is 7.21. The van der Waals surface area contributed by atoms with Gasteiger partial charge in [0.25, 0.3) is 0 Å². The number of anilines is 1. The molecule has 2 heterocycles. The number of ether oxygens (including phenoxy) is 1. The van der Waals surface area contributed by atoms with Gasteiger partial charge in [-0.1, -0.05) is 71.5 Å². The third-order valence-electron chi connectivity index (χ3n) is 6.49. The first-order chi connectivity index (χ1) is 18.3. The summed E-state index contributed by atoms with van der Waals surface area (Å²) in [5.41, 5.74) is 5.82. The molecule has 192 valence electrons. The third kappa shape index (κ3) is 5.03. The molecule has 0 aliphatic rings. The number of fused-ring (bicyclic) bond motifs is 1. The predicted octanol–water partition coefficient (Wildman–Crippen LogP) is 6.11. The average molecular weight is 526 g/mol. The van der Waals surface area contributed by atoms with Gasteiger partial charge in [-0.3, -0.25) is 4.79 Å². The van der Waals surface area contributed by atoms with E-state index in [1.165, 1.54) is 17.5 Å². The van der Waals surface area contributed by atoms with E-state index in [2.05, 4.69) is 48.4 Å². The standard InChI is InChI=1S/C30H27N3O4S/c1-18-8-9-19(2)24(14-18)23-7-5-4-6-21(23)16-33-17-25(29(35)36)27(34)26-28(33)38-30(32-26)31-15-20-10-12-22(37-3)13-11-20/h4-14,17H,15-16H2,1-3H3,(H,31,32)(H,35,36). The molecule has 3 aromatic carbocycles. The van der Waals surface area contributed by atoms with E-state index in [1.807, 2.05) is 47.0 Å². The molecule has 0 radical (unpaired) electrons. The first-order valence-corrected chi connectivity index (χ1v) is 13.0. The highest BCUT2D eigenvalue weighted by Crippen LogP contribution is 2.31. The summed E-state index contributed by atoms with van der Waals surface area (Å²) in [7, 11) is 1.62. The smallest absolute Gasteiger partial charge is 0.341 e. The highest BCUT2D eigenvalue weighted by Gasteiger charge is 2.19. The second-order valence-electron chi connectivity index (χ2n) is 9.15. The minimum Gasteiger partial charge on any atom is -0.497 e. The van der Waals surface area contributed by atoms with Crippen molar-refractivity contribution in [3.05, 3.63) is 111 Å². The third-order valence-corrected chi connectivity index (χ3v) is 7.54. The van der Waals surface area contributed by atoms with Crippen LogP contribution in [-0.4, -0.2) is 27.7 Å². The molecule has 0 aliphatic carbocycles. The zero-order valence-corrected chi connectivity index (χ0v) is 22.1. The van der Waals surface area contributed by atoms with Crippen LogP contribution in [0.25, 0.3) is 21.5 Å². The molecule has 7 nitrogen and oxygen atoms in total. The molecule has 5 rings (SSSR count). The number of benzene rings is 3. The number of nitrogens with zero attached hydrogens (tertiary/aromatic N) is 2. The molecule has 5 aromatic rings. The summed E-state index contributed by atoms with van der Waals surface area (Å²) in [4.78, 5) is 30.1. The van der Waals surface area contributed by atoms with Crippen molar-refractivity contribution in [2.24, 2.45) is 0 Å². The van der Waals surface area contributed by atoms with Gasteiger partial charge in [-0.25, -0.2) is 9.78 Å². The Bertz CT molecular complexity index is 1700. The van der Waals surface area contributed by atoms with E-state index in [9.17, 15) is 14.7 Å². The Balaban J connectivity index is 1.55. The van der Waals surface area contributed by atoms with Crippen molar-refractivity contribution in [1.29, 1.82) is 0 Å². The summed E-state index contributed by atoms with van der Waals surface area (Å²) in [5.74, 6) is -0.498. The normalized spacial score (nSPS) is 11.0. The van der Waals surface area contributed by atoms with Crippen LogP contribution < -0.4 is 15.5 Å². The van der Waals surface area contributed by atoms with Gasteiger partial charge in [0.05, 0.1) is 7.11 Å². The van der Waals surface area contributed by atoms with Gasteiger partial charge in [0.2, 0.25) is 5.43 Å². The van der Waals surface area contributed by atoms with E-state index in [-0.39, 0.29) is 11.1 Å². The van der Waals surface area contributed by atoms with Crippen LogP contribution in [0, 0.1) is 13.8 Å². The Hall–Kier alpha value is -4.43. The van der Waals surface area contributed by atoms with Crippen molar-refractivity contribution in [2.75, 3.05) is 12.4 Å². The molecule has 8 heteroatoms. The molecule has 0 atom stereocenters. The van der Waals surface area contributed by atoms with Crippen LogP contribution in [-0.2, 0) is 13.1 Å². The predicted molar refractivity (Wildman–Crippen MR) is 152 cm³/mol. The van der Waals surface area contributed by atoms with Crippen LogP contribution in [0.15, 0.2) is 77.7 Å². The minimum atomic E-state index is -1.27. The van der Waals surface area contributed by atoms with Crippen LogP contribution in [0.3, 0.4) is 0 Å². The average Bonchev–Trinajstić information content (AvgIpc) is 3.36. The van der Waals surface area contributed by atoms with Crippen molar-refractivity contribution >= 4 is 32.8 Å². The number of aromatic nitrogens is 2. The van der Waals surface area contributed by atoms with Crippen molar-refractivity contribution in [1.82, 2.24) is 9.55 Å². The van der Waals surface area contributed by atoms with Gasteiger partial charge in [-0.15, -0.1) is 0 Å². The zero-order chi connectivity index (χ0) is 26.8. The van der Waals surface area contributed by atoms with Crippen LogP contribution >= 0.6 is 11.3 Å². The lowest BCUT2D eigenvalue weighted by molar-refractivity contribution is 0.0695. The van der Waals surface area contributed by atoms with E-state index in [4.69, 9.17) is 4.74 Å². The van der Waals surface area contributed by atoms with Crippen molar-refractivity contribution in [3.63, 3.8) is 0 Å². The number of aromatic carboxylic acids is 1. The summed E-state index contributed by atoms with van der Waals surface area (Å²) < 4.78 is 7.03. The highest BCUT2D eigenvalue weighted by atomic mass is 32.1. The van der Waals surface area contributed by atoms with Crippen LogP contribution in [0.2, 0.25) is 0 Å². The van der Waals surface area contributed by atoms with Crippen molar-refractivity contribution in [3.8, 4) is 16.9 Å². The Kier molecular flexibility index (Phi) is 6.98. The van der Waals surface area contributed by atoms with Crippen LogP contribution in [0.1, 0.15) is 32.6 Å². The topological polar surface area (TPSA) is 93.4 Å². The van der Waals surface area contributed by atoms with E-state index < -0.39 is 11.4 Å². The molecule has 0 bridgehead atoms. The maximum absolute atomic E-state index is 13.0. The monoisotopic (exact) mass is 525 g/mol. The molecular weight excluding hydrogens is 498 g/mol. The Morgan fingerprint density at radius 2 is 1.82 bits per heavy atom. The van der Waals surface area contributed by atoms with E-state index in [0.29, 0.717) is 23.1 Å². The number of hydrogen-bond acceptors (Lipinski definition) is 6. The van der Waals surface area contributed by atoms with Gasteiger partial charge in [-0.05, 0) is 53.8 Å². The molecule has 0 saturated heterocycles. The lowest BCUT2D eigenvalue weighted by atomic mass is 9.94. The molecule has 0 spiro atoms. The second kappa shape index (κ2) is 10.5. The number of pyridine rings is 1. The maximum Gasteiger partial charge on any atom is 0.341 e. The SMILES string of the molecule is COc1ccc(CNc2nc3c(=O)c(C(=O)O)cn(Cc4ccccc4-c4cc(C)ccc4C)c3s2)cc1. The Labute approximate surface area is 224 Å². The maximum atomic E-state index is 13.0.